The molecule has 2 aliphatic rings. The van der Waals surface area contributed by atoms with Crippen LogP contribution in [0.2, 0.25) is 0 Å². The second kappa shape index (κ2) is 6.27. The number of hydrogen-bond acceptors (Lipinski definition) is 8. The van der Waals surface area contributed by atoms with E-state index in [0.717, 1.165) is 61.5 Å². The number of aromatic nitrogens is 3. The minimum Gasteiger partial charge on any atom is -0.377 e. The first-order chi connectivity index (χ1) is 11.6. The van der Waals surface area contributed by atoms with E-state index in [-0.39, 0.29) is 0 Å². The Labute approximate surface area is 145 Å². The average molecular weight is 346 g/mol. The summed E-state index contributed by atoms with van der Waals surface area (Å²) in [7, 11) is 2.13. The third-order valence-corrected chi connectivity index (χ3v) is 5.44. The summed E-state index contributed by atoms with van der Waals surface area (Å²) in [4.78, 5) is 19.5. The van der Waals surface area contributed by atoms with Gasteiger partial charge >= 0.3 is 0 Å². The zero-order valence-electron chi connectivity index (χ0n) is 14.0. The number of anilines is 2. The first-order valence-electron chi connectivity index (χ1n) is 8.26. The van der Waals surface area contributed by atoms with Crippen molar-refractivity contribution in [3.63, 3.8) is 0 Å². The molecule has 0 aliphatic carbocycles. The molecule has 0 spiro atoms. The van der Waals surface area contributed by atoms with Gasteiger partial charge < -0.3 is 20.3 Å². The molecule has 0 saturated carbocycles. The van der Waals surface area contributed by atoms with Crippen molar-refractivity contribution in [2.75, 3.05) is 44.0 Å². The number of nitrogens with zero attached hydrogens (tertiary/aromatic N) is 5. The number of nitrogens with two attached hydrogens (primary N) is 1. The van der Waals surface area contributed by atoms with Crippen molar-refractivity contribution in [2.45, 2.75) is 25.9 Å². The Balaban J connectivity index is 1.82. The SMILES string of the molecule is CC1COCCN1c1nc(-c2cnc(N)s2)nc2c1CCN(C)C2. The van der Waals surface area contributed by atoms with E-state index >= 15 is 0 Å². The highest BCUT2D eigenvalue weighted by Gasteiger charge is 2.28. The fourth-order valence-corrected chi connectivity index (χ4v) is 3.94. The summed E-state index contributed by atoms with van der Waals surface area (Å²) in [5.74, 6) is 1.79. The zero-order valence-corrected chi connectivity index (χ0v) is 14.8. The van der Waals surface area contributed by atoms with Gasteiger partial charge in [0.05, 0.1) is 36.0 Å². The van der Waals surface area contributed by atoms with Crippen LogP contribution in [0.25, 0.3) is 10.7 Å². The summed E-state index contributed by atoms with van der Waals surface area (Å²) in [6, 6.07) is 0.316. The van der Waals surface area contributed by atoms with Crippen LogP contribution < -0.4 is 10.6 Å². The van der Waals surface area contributed by atoms with Gasteiger partial charge in [-0.25, -0.2) is 15.0 Å². The molecule has 24 heavy (non-hydrogen) atoms. The molecule has 1 fully saturated rings. The number of nitrogen functional groups attached to an aromatic ring is 1. The third kappa shape index (κ3) is 2.85. The number of thiazole rings is 1. The van der Waals surface area contributed by atoms with Crippen LogP contribution in [0.1, 0.15) is 18.2 Å². The van der Waals surface area contributed by atoms with Crippen LogP contribution in [0.4, 0.5) is 10.9 Å². The van der Waals surface area contributed by atoms with Gasteiger partial charge in [-0.2, -0.15) is 0 Å². The molecule has 1 unspecified atom stereocenters. The average Bonchev–Trinajstić information content (AvgIpc) is 3.00. The molecule has 128 valence electrons. The maximum absolute atomic E-state index is 5.80. The summed E-state index contributed by atoms with van der Waals surface area (Å²) in [5, 5.41) is 0.546. The monoisotopic (exact) mass is 346 g/mol. The topological polar surface area (TPSA) is 80.4 Å². The third-order valence-electron chi connectivity index (χ3n) is 4.62. The lowest BCUT2D eigenvalue weighted by molar-refractivity contribution is 0.0983. The van der Waals surface area contributed by atoms with E-state index in [2.05, 4.69) is 28.8 Å². The second-order valence-electron chi connectivity index (χ2n) is 6.46. The van der Waals surface area contributed by atoms with Crippen molar-refractivity contribution >= 4 is 22.3 Å². The Morgan fingerprint density at radius 2 is 2.21 bits per heavy atom. The van der Waals surface area contributed by atoms with Crippen LogP contribution in [0.3, 0.4) is 0 Å². The summed E-state index contributed by atoms with van der Waals surface area (Å²) in [6.45, 7) is 6.42. The number of rotatable bonds is 2. The Hall–Kier alpha value is -1.77. The quantitative estimate of drug-likeness (QED) is 0.880. The molecule has 4 rings (SSSR count). The van der Waals surface area contributed by atoms with Gasteiger partial charge in [0.25, 0.3) is 0 Å². The van der Waals surface area contributed by atoms with E-state index < -0.39 is 0 Å². The maximum atomic E-state index is 5.80. The predicted octanol–water partition coefficient (Wildman–Crippen LogP) is 1.40. The lowest BCUT2D eigenvalue weighted by Gasteiger charge is -2.37. The number of fused-ring (bicyclic) bond motifs is 1. The molecule has 0 bridgehead atoms. The molecular formula is C16H22N6OS. The van der Waals surface area contributed by atoms with Crippen LogP contribution >= 0.6 is 11.3 Å². The molecule has 0 amide bonds. The fraction of sp³-hybridized carbons (Fsp3) is 0.562. The van der Waals surface area contributed by atoms with Crippen LogP contribution in [0.15, 0.2) is 6.20 Å². The highest BCUT2D eigenvalue weighted by Crippen LogP contribution is 2.32. The molecule has 1 atom stereocenters. The van der Waals surface area contributed by atoms with Crippen LogP contribution in [0.5, 0.6) is 0 Å². The molecule has 1 saturated heterocycles. The Kier molecular flexibility index (Phi) is 4.11. The van der Waals surface area contributed by atoms with Crippen molar-refractivity contribution in [2.24, 2.45) is 0 Å². The fourth-order valence-electron chi connectivity index (χ4n) is 3.32. The standard InChI is InChI=1S/C16H22N6OS/c1-10-9-23-6-5-22(10)15-11-3-4-21(2)8-12(11)19-14(20-15)13-7-18-16(17)24-13/h7,10H,3-6,8-9H2,1-2H3,(H2,17,18). The Bertz CT molecular complexity index is 748. The van der Waals surface area contributed by atoms with E-state index in [1.54, 1.807) is 6.20 Å². The molecular weight excluding hydrogens is 324 g/mol. The molecule has 4 heterocycles. The first kappa shape index (κ1) is 15.7. The van der Waals surface area contributed by atoms with Gasteiger partial charge in [-0.1, -0.05) is 11.3 Å². The van der Waals surface area contributed by atoms with Crippen molar-refractivity contribution < 1.29 is 4.74 Å². The molecule has 0 aromatic carbocycles. The van der Waals surface area contributed by atoms with Gasteiger partial charge in [-0.3, -0.25) is 0 Å². The number of likely N-dealkylation sites (N-methyl/N-ethyl adjacent to an activating group) is 1. The van der Waals surface area contributed by atoms with E-state index in [1.807, 2.05) is 0 Å². The summed E-state index contributed by atoms with van der Waals surface area (Å²) < 4.78 is 5.60. The summed E-state index contributed by atoms with van der Waals surface area (Å²) in [6.07, 6.45) is 2.75. The lowest BCUT2D eigenvalue weighted by atomic mass is 10.0. The van der Waals surface area contributed by atoms with E-state index in [0.29, 0.717) is 11.2 Å². The molecule has 2 N–H and O–H groups in total. The van der Waals surface area contributed by atoms with Crippen LogP contribution in [-0.4, -0.2) is 59.2 Å². The van der Waals surface area contributed by atoms with Gasteiger partial charge in [0.15, 0.2) is 11.0 Å². The van der Waals surface area contributed by atoms with Crippen molar-refractivity contribution in [3.05, 3.63) is 17.5 Å². The molecule has 0 radical (unpaired) electrons. The maximum Gasteiger partial charge on any atom is 0.180 e. The Morgan fingerprint density at radius 1 is 1.33 bits per heavy atom. The van der Waals surface area contributed by atoms with E-state index in [1.165, 1.54) is 16.9 Å². The van der Waals surface area contributed by atoms with E-state index in [9.17, 15) is 0 Å². The highest BCUT2D eigenvalue weighted by atomic mass is 32.1. The largest absolute Gasteiger partial charge is 0.377 e. The zero-order chi connectivity index (χ0) is 16.7. The molecule has 2 aromatic rings. The van der Waals surface area contributed by atoms with Gasteiger partial charge in [0.2, 0.25) is 0 Å². The lowest BCUT2D eigenvalue weighted by Crippen LogP contribution is -2.45. The minimum absolute atomic E-state index is 0.316. The van der Waals surface area contributed by atoms with Crippen molar-refractivity contribution in [3.8, 4) is 10.7 Å². The summed E-state index contributed by atoms with van der Waals surface area (Å²) >= 11 is 1.43. The number of hydrogen-bond donors (Lipinski definition) is 1. The normalized spacial score (nSPS) is 21.8. The van der Waals surface area contributed by atoms with Crippen molar-refractivity contribution in [1.29, 1.82) is 0 Å². The van der Waals surface area contributed by atoms with Gasteiger partial charge in [0.1, 0.15) is 5.82 Å². The van der Waals surface area contributed by atoms with E-state index in [4.69, 9.17) is 20.4 Å². The molecule has 7 nitrogen and oxygen atoms in total. The second-order valence-corrected chi connectivity index (χ2v) is 7.53. The van der Waals surface area contributed by atoms with Crippen LogP contribution in [0, 0.1) is 0 Å². The van der Waals surface area contributed by atoms with Crippen molar-refractivity contribution in [1.82, 2.24) is 19.9 Å². The minimum atomic E-state index is 0.316. The Morgan fingerprint density at radius 3 is 2.96 bits per heavy atom. The molecule has 2 aliphatic heterocycles. The number of morpholine rings is 1. The van der Waals surface area contributed by atoms with Gasteiger partial charge in [-0.05, 0) is 20.4 Å². The molecule has 8 heteroatoms. The molecule has 2 aromatic heterocycles. The number of ether oxygens (including phenoxy) is 1. The first-order valence-corrected chi connectivity index (χ1v) is 9.08. The van der Waals surface area contributed by atoms with Crippen LogP contribution in [-0.2, 0) is 17.7 Å². The summed E-state index contributed by atoms with van der Waals surface area (Å²) in [5.41, 5.74) is 8.20. The smallest absolute Gasteiger partial charge is 0.180 e. The van der Waals surface area contributed by atoms with Gasteiger partial charge in [-0.15, -0.1) is 0 Å². The van der Waals surface area contributed by atoms with Gasteiger partial charge in [0, 0.05) is 25.2 Å². The highest BCUT2D eigenvalue weighted by molar-refractivity contribution is 7.18. The predicted molar refractivity (Wildman–Crippen MR) is 95.2 cm³/mol.